The van der Waals surface area contributed by atoms with Gasteiger partial charge in [0.05, 0.1) is 18.4 Å². The highest BCUT2D eigenvalue weighted by Gasteiger charge is 2.16. The average Bonchev–Trinajstić information content (AvgIpc) is 2.51. The van der Waals surface area contributed by atoms with Crippen LogP contribution in [0.25, 0.3) is 0 Å². The van der Waals surface area contributed by atoms with Crippen molar-refractivity contribution >= 4 is 40.6 Å². The number of esters is 1. The third-order valence-corrected chi connectivity index (χ3v) is 3.17. The first-order chi connectivity index (χ1) is 10.5. The Bertz CT molecular complexity index is 721. The summed E-state index contributed by atoms with van der Waals surface area (Å²) in [6.07, 6.45) is 0. The first-order valence-corrected chi connectivity index (χ1v) is 6.80. The predicted octanol–water partition coefficient (Wildman–Crippen LogP) is 2.59. The van der Waals surface area contributed by atoms with Gasteiger partial charge in [-0.1, -0.05) is 11.6 Å². The molecule has 0 amide bonds. The van der Waals surface area contributed by atoms with E-state index in [-0.39, 0.29) is 5.56 Å². The molecule has 1 aromatic carbocycles. The SMILES string of the molecule is CNc1nc(C)nc(Nc2ccc(Cl)cc2C(=O)OC)c1N. The normalized spacial score (nSPS) is 10.2. The van der Waals surface area contributed by atoms with Crippen molar-refractivity contribution in [3.63, 3.8) is 0 Å². The number of carbonyl (C=O) groups is 1. The molecule has 22 heavy (non-hydrogen) atoms. The van der Waals surface area contributed by atoms with E-state index in [4.69, 9.17) is 22.1 Å². The summed E-state index contributed by atoms with van der Waals surface area (Å²) in [7, 11) is 3.01. The smallest absolute Gasteiger partial charge is 0.340 e. The van der Waals surface area contributed by atoms with Gasteiger partial charge in [-0.3, -0.25) is 0 Å². The zero-order valence-electron chi connectivity index (χ0n) is 12.4. The first kappa shape index (κ1) is 15.8. The maximum Gasteiger partial charge on any atom is 0.340 e. The Balaban J connectivity index is 2.48. The van der Waals surface area contributed by atoms with Crippen LogP contribution in [0.5, 0.6) is 0 Å². The van der Waals surface area contributed by atoms with Gasteiger partial charge in [-0.25, -0.2) is 14.8 Å². The van der Waals surface area contributed by atoms with Gasteiger partial charge in [-0.2, -0.15) is 0 Å². The first-order valence-electron chi connectivity index (χ1n) is 6.43. The van der Waals surface area contributed by atoms with Crippen LogP contribution in [0.15, 0.2) is 18.2 Å². The molecular formula is C14H16ClN5O2. The minimum atomic E-state index is -0.511. The molecule has 116 valence electrons. The molecule has 1 aromatic heterocycles. The summed E-state index contributed by atoms with van der Waals surface area (Å²) in [5.74, 6) is 0.922. The molecule has 2 rings (SSSR count). The van der Waals surface area contributed by atoms with E-state index in [9.17, 15) is 4.79 Å². The summed E-state index contributed by atoms with van der Waals surface area (Å²) in [4.78, 5) is 20.3. The number of hydrogen-bond acceptors (Lipinski definition) is 7. The molecule has 2 aromatic rings. The van der Waals surface area contributed by atoms with Gasteiger partial charge in [0.15, 0.2) is 11.6 Å². The minimum Gasteiger partial charge on any atom is -0.465 e. The van der Waals surface area contributed by atoms with Crippen LogP contribution in [0.4, 0.5) is 23.0 Å². The Morgan fingerprint density at radius 1 is 1.32 bits per heavy atom. The van der Waals surface area contributed by atoms with Crippen LogP contribution < -0.4 is 16.4 Å². The van der Waals surface area contributed by atoms with E-state index >= 15 is 0 Å². The number of benzene rings is 1. The van der Waals surface area contributed by atoms with Crippen LogP contribution in [0, 0.1) is 6.92 Å². The van der Waals surface area contributed by atoms with E-state index < -0.39 is 5.97 Å². The van der Waals surface area contributed by atoms with E-state index in [1.54, 1.807) is 26.1 Å². The molecule has 0 saturated heterocycles. The predicted molar refractivity (Wildman–Crippen MR) is 86.8 cm³/mol. The Kier molecular flexibility index (Phi) is 4.67. The number of nitrogen functional groups attached to an aromatic ring is 1. The fourth-order valence-electron chi connectivity index (χ4n) is 1.90. The van der Waals surface area contributed by atoms with E-state index in [0.717, 1.165) is 0 Å². The molecule has 0 radical (unpaired) electrons. The zero-order valence-corrected chi connectivity index (χ0v) is 13.2. The highest BCUT2D eigenvalue weighted by molar-refractivity contribution is 6.31. The maximum absolute atomic E-state index is 11.9. The average molecular weight is 322 g/mol. The van der Waals surface area contributed by atoms with Gasteiger partial charge in [0.1, 0.15) is 11.5 Å². The molecule has 8 heteroatoms. The van der Waals surface area contributed by atoms with Gasteiger partial charge in [0.25, 0.3) is 0 Å². The molecule has 0 aliphatic heterocycles. The van der Waals surface area contributed by atoms with Crippen molar-refractivity contribution in [2.24, 2.45) is 0 Å². The Hall–Kier alpha value is -2.54. The molecule has 0 unspecified atom stereocenters. The number of aryl methyl sites for hydroxylation is 1. The highest BCUT2D eigenvalue weighted by Crippen LogP contribution is 2.29. The number of rotatable bonds is 4. The lowest BCUT2D eigenvalue weighted by Gasteiger charge is -2.14. The number of nitrogens with two attached hydrogens (primary N) is 1. The van der Waals surface area contributed by atoms with Crippen LogP contribution in [0.1, 0.15) is 16.2 Å². The summed E-state index contributed by atoms with van der Waals surface area (Å²) in [6.45, 7) is 1.74. The van der Waals surface area contributed by atoms with Crippen LogP contribution in [-0.4, -0.2) is 30.1 Å². The monoisotopic (exact) mass is 321 g/mol. The molecule has 0 saturated carbocycles. The third-order valence-electron chi connectivity index (χ3n) is 2.93. The van der Waals surface area contributed by atoms with E-state index in [2.05, 4.69) is 20.6 Å². The summed E-state index contributed by atoms with van der Waals surface area (Å²) in [5.41, 5.74) is 7.13. The third kappa shape index (κ3) is 3.20. The van der Waals surface area contributed by atoms with E-state index in [1.807, 2.05) is 0 Å². The number of carbonyl (C=O) groups excluding carboxylic acids is 1. The van der Waals surface area contributed by atoms with Crippen LogP contribution in [-0.2, 0) is 4.74 Å². The Morgan fingerprint density at radius 3 is 2.64 bits per heavy atom. The van der Waals surface area contributed by atoms with E-state index in [1.165, 1.54) is 13.2 Å². The fourth-order valence-corrected chi connectivity index (χ4v) is 2.07. The van der Waals surface area contributed by atoms with Gasteiger partial charge < -0.3 is 21.1 Å². The van der Waals surface area contributed by atoms with Crippen molar-refractivity contribution < 1.29 is 9.53 Å². The lowest BCUT2D eigenvalue weighted by atomic mass is 10.1. The summed E-state index contributed by atoms with van der Waals surface area (Å²) < 4.78 is 4.75. The molecule has 1 heterocycles. The van der Waals surface area contributed by atoms with Crippen molar-refractivity contribution in [2.75, 3.05) is 30.5 Å². The topological polar surface area (TPSA) is 102 Å². The standard InChI is InChI=1S/C14H16ClN5O2/c1-7-18-12(17-2)11(16)13(19-7)20-10-5-4-8(15)6-9(10)14(21)22-3/h4-6H,16H2,1-3H3,(H2,17,18,19,20). The fraction of sp³-hybridized carbons (Fsp3) is 0.214. The largest absolute Gasteiger partial charge is 0.465 e. The second-order valence-electron chi connectivity index (χ2n) is 4.44. The number of halogens is 1. The molecule has 0 spiro atoms. The Morgan fingerprint density at radius 2 is 2.00 bits per heavy atom. The second kappa shape index (κ2) is 6.48. The zero-order chi connectivity index (χ0) is 16.3. The molecule has 0 atom stereocenters. The highest BCUT2D eigenvalue weighted by atomic mass is 35.5. The number of ether oxygens (including phenoxy) is 1. The van der Waals surface area contributed by atoms with Gasteiger partial charge in [0, 0.05) is 12.1 Å². The van der Waals surface area contributed by atoms with Crippen molar-refractivity contribution in [1.82, 2.24) is 9.97 Å². The molecule has 0 aliphatic rings. The summed E-state index contributed by atoms with van der Waals surface area (Å²) in [5, 5.41) is 6.34. The Labute approximate surface area is 132 Å². The quantitative estimate of drug-likeness (QED) is 0.744. The van der Waals surface area contributed by atoms with Crippen molar-refractivity contribution in [3.05, 3.63) is 34.6 Å². The number of hydrogen-bond donors (Lipinski definition) is 3. The van der Waals surface area contributed by atoms with Crippen molar-refractivity contribution in [1.29, 1.82) is 0 Å². The second-order valence-corrected chi connectivity index (χ2v) is 4.87. The van der Waals surface area contributed by atoms with Gasteiger partial charge >= 0.3 is 5.97 Å². The van der Waals surface area contributed by atoms with Gasteiger partial charge in [-0.05, 0) is 25.1 Å². The van der Waals surface area contributed by atoms with E-state index in [0.29, 0.717) is 33.9 Å². The molecule has 0 fully saturated rings. The molecule has 4 N–H and O–H groups in total. The maximum atomic E-state index is 11.9. The van der Waals surface area contributed by atoms with Crippen molar-refractivity contribution in [3.8, 4) is 0 Å². The van der Waals surface area contributed by atoms with Gasteiger partial charge in [-0.15, -0.1) is 0 Å². The molecule has 0 bridgehead atoms. The number of nitrogens with zero attached hydrogens (tertiary/aromatic N) is 2. The number of aromatic nitrogens is 2. The van der Waals surface area contributed by atoms with Crippen LogP contribution >= 0.6 is 11.6 Å². The lowest BCUT2D eigenvalue weighted by molar-refractivity contribution is 0.0602. The number of anilines is 4. The summed E-state index contributed by atoms with van der Waals surface area (Å²) in [6, 6.07) is 4.82. The molecule has 7 nitrogen and oxygen atoms in total. The number of nitrogens with one attached hydrogen (secondary N) is 2. The van der Waals surface area contributed by atoms with Gasteiger partial charge in [0.2, 0.25) is 0 Å². The lowest BCUT2D eigenvalue weighted by Crippen LogP contribution is -2.10. The number of methoxy groups -OCH3 is 1. The van der Waals surface area contributed by atoms with Crippen LogP contribution in [0.2, 0.25) is 5.02 Å². The molecular weight excluding hydrogens is 306 g/mol. The summed E-state index contributed by atoms with van der Waals surface area (Å²) >= 11 is 5.93. The van der Waals surface area contributed by atoms with Crippen LogP contribution in [0.3, 0.4) is 0 Å². The minimum absolute atomic E-state index is 0.289. The molecule has 0 aliphatic carbocycles. The van der Waals surface area contributed by atoms with Crippen molar-refractivity contribution in [2.45, 2.75) is 6.92 Å².